The first-order chi connectivity index (χ1) is 9.47. The van der Waals surface area contributed by atoms with Crippen molar-refractivity contribution in [2.45, 2.75) is 31.8 Å². The van der Waals surface area contributed by atoms with E-state index in [0.717, 1.165) is 19.4 Å². The third kappa shape index (κ3) is 3.36. The van der Waals surface area contributed by atoms with Gasteiger partial charge >= 0.3 is 5.97 Å². The number of carbonyl (C=O) groups is 2. The van der Waals surface area contributed by atoms with Gasteiger partial charge in [-0.1, -0.05) is 6.07 Å². The molecule has 5 heteroatoms. The summed E-state index contributed by atoms with van der Waals surface area (Å²) in [5, 5.41) is 11.9. The van der Waals surface area contributed by atoms with E-state index in [1.807, 2.05) is 0 Å². The average molecular weight is 276 g/mol. The second-order valence-corrected chi connectivity index (χ2v) is 5.41. The number of hydrogen-bond acceptors (Lipinski definition) is 3. The molecule has 0 bridgehead atoms. The average Bonchev–Trinajstić information content (AvgIpc) is 2.43. The van der Waals surface area contributed by atoms with Crippen LogP contribution in [-0.2, 0) is 0 Å². The summed E-state index contributed by atoms with van der Waals surface area (Å²) in [5.74, 6) is -1.22. The first kappa shape index (κ1) is 14.5. The summed E-state index contributed by atoms with van der Waals surface area (Å²) in [6.45, 7) is 3.10. The number of carbonyl (C=O) groups excluding carboxylic acids is 1. The van der Waals surface area contributed by atoms with Crippen molar-refractivity contribution in [3.8, 4) is 0 Å². The van der Waals surface area contributed by atoms with E-state index in [-0.39, 0.29) is 17.5 Å². The van der Waals surface area contributed by atoms with Gasteiger partial charge in [0.15, 0.2) is 0 Å². The lowest BCUT2D eigenvalue weighted by molar-refractivity contribution is 0.0697. The van der Waals surface area contributed by atoms with Crippen molar-refractivity contribution in [3.63, 3.8) is 0 Å². The largest absolute Gasteiger partial charge is 0.478 e. The van der Waals surface area contributed by atoms with E-state index < -0.39 is 5.97 Å². The standard InChI is InChI=1S/C15H20N2O3/c1-10-8-13(6-7-17(10)2)16-14(18)11-4-3-5-12(9-11)15(19)20/h3-5,9-10,13H,6-8H2,1-2H3,(H,16,18)(H,19,20). The molecule has 0 saturated carbocycles. The highest BCUT2D eigenvalue weighted by Gasteiger charge is 2.24. The molecule has 1 aromatic carbocycles. The van der Waals surface area contributed by atoms with Crippen molar-refractivity contribution >= 4 is 11.9 Å². The SMILES string of the molecule is CC1CC(NC(=O)c2cccc(C(=O)O)c2)CCN1C. The third-order valence-corrected chi connectivity index (χ3v) is 3.92. The minimum Gasteiger partial charge on any atom is -0.478 e. The monoisotopic (exact) mass is 276 g/mol. The molecular weight excluding hydrogens is 256 g/mol. The molecule has 0 spiro atoms. The predicted octanol–water partition coefficient (Wildman–Crippen LogP) is 1.60. The van der Waals surface area contributed by atoms with Crippen LogP contribution in [0.25, 0.3) is 0 Å². The number of nitrogens with one attached hydrogen (secondary N) is 1. The number of amides is 1. The topological polar surface area (TPSA) is 69.6 Å². The van der Waals surface area contributed by atoms with Crippen molar-refractivity contribution in [1.29, 1.82) is 0 Å². The molecule has 1 fully saturated rings. The molecular formula is C15H20N2O3. The number of piperidine rings is 1. The maximum absolute atomic E-state index is 12.2. The first-order valence-electron chi connectivity index (χ1n) is 6.82. The van der Waals surface area contributed by atoms with Gasteiger partial charge in [0.25, 0.3) is 5.91 Å². The summed E-state index contributed by atoms with van der Waals surface area (Å²) in [7, 11) is 2.08. The Bertz CT molecular complexity index is 516. The molecule has 1 aliphatic rings. The van der Waals surface area contributed by atoms with E-state index in [2.05, 4.69) is 24.2 Å². The van der Waals surface area contributed by atoms with Crippen molar-refractivity contribution in [2.75, 3.05) is 13.6 Å². The molecule has 1 saturated heterocycles. The zero-order valence-electron chi connectivity index (χ0n) is 11.8. The molecule has 0 radical (unpaired) electrons. The normalized spacial score (nSPS) is 23.3. The number of benzene rings is 1. The highest BCUT2D eigenvalue weighted by atomic mass is 16.4. The fourth-order valence-electron chi connectivity index (χ4n) is 2.48. The van der Waals surface area contributed by atoms with Crippen molar-refractivity contribution in [3.05, 3.63) is 35.4 Å². The van der Waals surface area contributed by atoms with E-state index in [9.17, 15) is 9.59 Å². The van der Waals surface area contributed by atoms with Crippen LogP contribution in [0.5, 0.6) is 0 Å². The number of hydrogen-bond donors (Lipinski definition) is 2. The van der Waals surface area contributed by atoms with Crippen LogP contribution in [0.2, 0.25) is 0 Å². The maximum atomic E-state index is 12.2. The minimum atomic E-state index is -1.02. The van der Waals surface area contributed by atoms with Gasteiger partial charge in [-0.2, -0.15) is 0 Å². The Morgan fingerprint density at radius 2 is 2.05 bits per heavy atom. The van der Waals surface area contributed by atoms with Crippen LogP contribution in [0.4, 0.5) is 0 Å². The highest BCUT2D eigenvalue weighted by Crippen LogP contribution is 2.16. The fraction of sp³-hybridized carbons (Fsp3) is 0.467. The number of aromatic carboxylic acids is 1. The van der Waals surface area contributed by atoms with E-state index in [4.69, 9.17) is 5.11 Å². The zero-order chi connectivity index (χ0) is 14.7. The van der Waals surface area contributed by atoms with Gasteiger partial charge in [0.1, 0.15) is 0 Å². The summed E-state index contributed by atoms with van der Waals surface area (Å²) < 4.78 is 0. The van der Waals surface area contributed by atoms with Gasteiger partial charge in [0, 0.05) is 24.2 Å². The molecule has 2 unspecified atom stereocenters. The second kappa shape index (κ2) is 6.05. The Morgan fingerprint density at radius 3 is 2.70 bits per heavy atom. The number of nitrogens with zero attached hydrogens (tertiary/aromatic N) is 1. The van der Waals surface area contributed by atoms with Crippen LogP contribution in [0, 0.1) is 0 Å². The second-order valence-electron chi connectivity index (χ2n) is 5.41. The van der Waals surface area contributed by atoms with E-state index in [1.54, 1.807) is 12.1 Å². The molecule has 0 aromatic heterocycles. The lowest BCUT2D eigenvalue weighted by Gasteiger charge is -2.35. The van der Waals surface area contributed by atoms with Crippen LogP contribution in [0.15, 0.2) is 24.3 Å². The lowest BCUT2D eigenvalue weighted by atomic mass is 9.98. The molecule has 1 heterocycles. The smallest absolute Gasteiger partial charge is 0.335 e. The van der Waals surface area contributed by atoms with Crippen LogP contribution in [0.1, 0.15) is 40.5 Å². The molecule has 1 aromatic rings. The van der Waals surface area contributed by atoms with Crippen molar-refractivity contribution < 1.29 is 14.7 Å². The Hall–Kier alpha value is -1.88. The molecule has 2 rings (SSSR count). The summed E-state index contributed by atoms with van der Waals surface area (Å²) in [6, 6.07) is 6.73. The van der Waals surface area contributed by atoms with E-state index in [1.165, 1.54) is 12.1 Å². The summed E-state index contributed by atoms with van der Waals surface area (Å²) in [4.78, 5) is 25.3. The third-order valence-electron chi connectivity index (χ3n) is 3.92. The Labute approximate surface area is 118 Å². The molecule has 1 amide bonds. The first-order valence-corrected chi connectivity index (χ1v) is 6.82. The molecule has 20 heavy (non-hydrogen) atoms. The molecule has 2 N–H and O–H groups in total. The van der Waals surface area contributed by atoms with E-state index >= 15 is 0 Å². The van der Waals surface area contributed by atoms with Gasteiger partial charge in [0.2, 0.25) is 0 Å². The summed E-state index contributed by atoms with van der Waals surface area (Å²) in [6.07, 6.45) is 1.84. The number of likely N-dealkylation sites (tertiary alicyclic amines) is 1. The summed E-state index contributed by atoms with van der Waals surface area (Å²) in [5.41, 5.74) is 0.533. The highest BCUT2D eigenvalue weighted by molar-refractivity contribution is 5.97. The van der Waals surface area contributed by atoms with Crippen LogP contribution < -0.4 is 5.32 Å². The van der Waals surface area contributed by atoms with Crippen molar-refractivity contribution in [1.82, 2.24) is 10.2 Å². The molecule has 108 valence electrons. The number of carboxylic acid groups (broad SMARTS) is 1. The summed E-state index contributed by atoms with van der Waals surface area (Å²) >= 11 is 0. The fourth-order valence-corrected chi connectivity index (χ4v) is 2.48. The Morgan fingerprint density at radius 1 is 1.35 bits per heavy atom. The molecule has 1 aliphatic heterocycles. The molecule has 2 atom stereocenters. The number of rotatable bonds is 3. The quantitative estimate of drug-likeness (QED) is 0.879. The van der Waals surface area contributed by atoms with Gasteiger partial charge in [-0.15, -0.1) is 0 Å². The maximum Gasteiger partial charge on any atom is 0.335 e. The van der Waals surface area contributed by atoms with Gasteiger partial charge in [-0.05, 0) is 45.0 Å². The number of carboxylic acids is 1. The van der Waals surface area contributed by atoms with Gasteiger partial charge in [0.05, 0.1) is 5.56 Å². The molecule has 0 aliphatic carbocycles. The van der Waals surface area contributed by atoms with Crippen molar-refractivity contribution in [2.24, 2.45) is 0 Å². The predicted molar refractivity (Wildman–Crippen MR) is 76.0 cm³/mol. The van der Waals surface area contributed by atoms with Gasteiger partial charge in [-0.25, -0.2) is 4.79 Å². The van der Waals surface area contributed by atoms with Crippen LogP contribution in [-0.4, -0.2) is 47.6 Å². The Balaban J connectivity index is 2.01. The van der Waals surface area contributed by atoms with Gasteiger partial charge < -0.3 is 15.3 Å². The Kier molecular flexibility index (Phi) is 4.39. The molecule has 5 nitrogen and oxygen atoms in total. The van der Waals surface area contributed by atoms with Crippen LogP contribution in [0.3, 0.4) is 0 Å². The minimum absolute atomic E-state index is 0.134. The van der Waals surface area contributed by atoms with Gasteiger partial charge in [-0.3, -0.25) is 4.79 Å². The lowest BCUT2D eigenvalue weighted by Crippen LogP contribution is -2.47. The zero-order valence-corrected chi connectivity index (χ0v) is 11.8. The van der Waals surface area contributed by atoms with Crippen LogP contribution >= 0.6 is 0 Å². The van der Waals surface area contributed by atoms with E-state index in [0.29, 0.717) is 11.6 Å².